The lowest BCUT2D eigenvalue weighted by Crippen LogP contribution is -2.19. The van der Waals surface area contributed by atoms with Gasteiger partial charge in [-0.3, -0.25) is 9.20 Å². The number of carbonyl (C=O) groups excluding carboxylic acids is 1. The monoisotopic (exact) mass is 321 g/mol. The summed E-state index contributed by atoms with van der Waals surface area (Å²) in [6.07, 6.45) is 8.07. The molecule has 1 amide bonds. The summed E-state index contributed by atoms with van der Waals surface area (Å²) < 4.78 is 2.08. The van der Waals surface area contributed by atoms with E-state index in [9.17, 15) is 4.79 Å². The van der Waals surface area contributed by atoms with Crippen LogP contribution in [0.1, 0.15) is 19.8 Å². The van der Waals surface area contributed by atoms with E-state index >= 15 is 0 Å². The SMILES string of the molecule is CC(=O)Nc1ccc(-c2cnc3c(N4CCCC4)nccn23)cc1. The molecular weight excluding hydrogens is 302 g/mol. The van der Waals surface area contributed by atoms with E-state index < -0.39 is 0 Å². The first-order valence-corrected chi connectivity index (χ1v) is 8.17. The molecule has 0 radical (unpaired) electrons. The van der Waals surface area contributed by atoms with Gasteiger partial charge in [0.1, 0.15) is 0 Å². The molecule has 3 heterocycles. The van der Waals surface area contributed by atoms with Crippen molar-refractivity contribution in [2.24, 2.45) is 0 Å². The largest absolute Gasteiger partial charge is 0.354 e. The maximum absolute atomic E-state index is 11.1. The van der Waals surface area contributed by atoms with Crippen molar-refractivity contribution in [3.8, 4) is 11.3 Å². The van der Waals surface area contributed by atoms with E-state index in [4.69, 9.17) is 0 Å². The molecule has 0 bridgehead atoms. The topological polar surface area (TPSA) is 62.5 Å². The van der Waals surface area contributed by atoms with Crippen LogP contribution in [0.4, 0.5) is 11.5 Å². The summed E-state index contributed by atoms with van der Waals surface area (Å²) in [6, 6.07) is 7.78. The lowest BCUT2D eigenvalue weighted by molar-refractivity contribution is -0.114. The van der Waals surface area contributed by atoms with Gasteiger partial charge in [0.15, 0.2) is 11.5 Å². The molecular formula is C18H19N5O. The van der Waals surface area contributed by atoms with Gasteiger partial charge in [-0.05, 0) is 25.0 Å². The third-order valence-electron chi connectivity index (χ3n) is 4.32. The molecule has 122 valence electrons. The van der Waals surface area contributed by atoms with Crippen LogP contribution in [-0.4, -0.2) is 33.4 Å². The highest BCUT2D eigenvalue weighted by Crippen LogP contribution is 2.27. The summed E-state index contributed by atoms with van der Waals surface area (Å²) in [6.45, 7) is 3.59. The number of nitrogens with zero attached hydrogens (tertiary/aromatic N) is 4. The molecule has 1 N–H and O–H groups in total. The third kappa shape index (κ3) is 2.60. The van der Waals surface area contributed by atoms with Crippen molar-refractivity contribution in [1.82, 2.24) is 14.4 Å². The van der Waals surface area contributed by atoms with Crippen LogP contribution in [0.5, 0.6) is 0 Å². The Kier molecular flexibility index (Phi) is 3.65. The summed E-state index contributed by atoms with van der Waals surface area (Å²) in [4.78, 5) is 22.6. The zero-order chi connectivity index (χ0) is 16.5. The number of imidazole rings is 1. The number of hydrogen-bond donors (Lipinski definition) is 1. The van der Waals surface area contributed by atoms with Gasteiger partial charge in [0.05, 0.1) is 11.9 Å². The van der Waals surface area contributed by atoms with Gasteiger partial charge < -0.3 is 10.2 Å². The third-order valence-corrected chi connectivity index (χ3v) is 4.32. The summed E-state index contributed by atoms with van der Waals surface area (Å²) in [5.74, 6) is 0.884. The summed E-state index contributed by atoms with van der Waals surface area (Å²) in [7, 11) is 0. The molecule has 1 fully saturated rings. The highest BCUT2D eigenvalue weighted by atomic mass is 16.1. The van der Waals surface area contributed by atoms with Crippen molar-refractivity contribution in [1.29, 1.82) is 0 Å². The van der Waals surface area contributed by atoms with Crippen LogP contribution in [-0.2, 0) is 4.79 Å². The number of carbonyl (C=O) groups is 1. The zero-order valence-electron chi connectivity index (χ0n) is 13.6. The smallest absolute Gasteiger partial charge is 0.221 e. The Hall–Kier alpha value is -2.89. The first-order valence-electron chi connectivity index (χ1n) is 8.17. The molecule has 6 heteroatoms. The lowest BCUT2D eigenvalue weighted by Gasteiger charge is -2.16. The van der Waals surface area contributed by atoms with Crippen LogP contribution >= 0.6 is 0 Å². The maximum atomic E-state index is 11.1. The fraction of sp³-hybridized carbons (Fsp3) is 0.278. The number of hydrogen-bond acceptors (Lipinski definition) is 4. The molecule has 2 aromatic heterocycles. The predicted molar refractivity (Wildman–Crippen MR) is 94.2 cm³/mol. The van der Waals surface area contributed by atoms with Gasteiger partial charge in [-0.1, -0.05) is 12.1 Å². The molecule has 0 aliphatic carbocycles. The van der Waals surface area contributed by atoms with Gasteiger partial charge in [0.25, 0.3) is 0 Å². The van der Waals surface area contributed by atoms with Crippen LogP contribution in [0.15, 0.2) is 42.9 Å². The van der Waals surface area contributed by atoms with Crippen molar-refractivity contribution >= 4 is 23.1 Å². The second kappa shape index (κ2) is 5.96. The van der Waals surface area contributed by atoms with Gasteiger partial charge in [-0.2, -0.15) is 0 Å². The molecule has 4 rings (SSSR count). The lowest BCUT2D eigenvalue weighted by atomic mass is 10.1. The average molecular weight is 321 g/mol. The number of nitrogens with one attached hydrogen (secondary N) is 1. The van der Waals surface area contributed by atoms with E-state index in [1.54, 1.807) is 0 Å². The molecule has 3 aromatic rings. The van der Waals surface area contributed by atoms with E-state index in [1.807, 2.05) is 42.9 Å². The van der Waals surface area contributed by atoms with Crippen LogP contribution in [0.3, 0.4) is 0 Å². The van der Waals surface area contributed by atoms with Crippen molar-refractivity contribution in [2.45, 2.75) is 19.8 Å². The van der Waals surface area contributed by atoms with Gasteiger partial charge in [-0.25, -0.2) is 9.97 Å². The minimum Gasteiger partial charge on any atom is -0.354 e. The highest BCUT2D eigenvalue weighted by Gasteiger charge is 2.18. The average Bonchev–Trinajstić information content (AvgIpc) is 3.24. The summed E-state index contributed by atoms with van der Waals surface area (Å²) >= 11 is 0. The van der Waals surface area contributed by atoms with Crippen LogP contribution < -0.4 is 10.2 Å². The normalized spacial score (nSPS) is 14.3. The van der Waals surface area contributed by atoms with Crippen LogP contribution in [0.25, 0.3) is 16.9 Å². The number of amides is 1. The summed E-state index contributed by atoms with van der Waals surface area (Å²) in [5, 5.41) is 2.78. The number of aromatic nitrogens is 3. The fourth-order valence-electron chi connectivity index (χ4n) is 3.20. The molecule has 6 nitrogen and oxygen atoms in total. The van der Waals surface area contributed by atoms with Gasteiger partial charge >= 0.3 is 0 Å². The molecule has 1 aromatic carbocycles. The Morgan fingerprint density at radius 1 is 1.12 bits per heavy atom. The standard InChI is InChI=1S/C18H19N5O/c1-13(24)21-15-6-4-14(5-7-15)16-12-20-18-17(19-8-11-23(16)18)22-9-2-3-10-22/h4-8,11-12H,2-3,9-10H2,1H3,(H,21,24). The van der Waals surface area contributed by atoms with Crippen molar-refractivity contribution in [3.63, 3.8) is 0 Å². The number of benzene rings is 1. The Labute approximate surface area is 140 Å². The van der Waals surface area contributed by atoms with Crippen LogP contribution in [0.2, 0.25) is 0 Å². The molecule has 0 saturated carbocycles. The zero-order valence-corrected chi connectivity index (χ0v) is 13.6. The minimum absolute atomic E-state index is 0.0705. The van der Waals surface area contributed by atoms with Crippen molar-refractivity contribution < 1.29 is 4.79 Å². The van der Waals surface area contributed by atoms with Gasteiger partial charge in [-0.15, -0.1) is 0 Å². The Bertz CT molecular complexity index is 878. The molecule has 1 aliphatic heterocycles. The summed E-state index contributed by atoms with van der Waals surface area (Å²) in [5.41, 5.74) is 3.75. The minimum atomic E-state index is -0.0705. The second-order valence-electron chi connectivity index (χ2n) is 6.04. The van der Waals surface area contributed by atoms with Crippen molar-refractivity contribution in [2.75, 3.05) is 23.3 Å². The Balaban J connectivity index is 1.72. The number of rotatable bonds is 3. The molecule has 24 heavy (non-hydrogen) atoms. The predicted octanol–water partition coefficient (Wildman–Crippen LogP) is 2.95. The van der Waals surface area contributed by atoms with E-state index in [1.165, 1.54) is 19.8 Å². The molecule has 0 atom stereocenters. The second-order valence-corrected chi connectivity index (χ2v) is 6.04. The van der Waals surface area contributed by atoms with E-state index in [2.05, 4.69) is 24.6 Å². The quantitative estimate of drug-likeness (QED) is 0.805. The first-order chi connectivity index (χ1) is 11.7. The van der Waals surface area contributed by atoms with Crippen LogP contribution in [0, 0.1) is 0 Å². The number of anilines is 2. The fourth-order valence-corrected chi connectivity index (χ4v) is 3.20. The van der Waals surface area contributed by atoms with Crippen molar-refractivity contribution in [3.05, 3.63) is 42.9 Å². The highest BCUT2D eigenvalue weighted by molar-refractivity contribution is 5.89. The van der Waals surface area contributed by atoms with E-state index in [0.29, 0.717) is 0 Å². The molecule has 0 spiro atoms. The molecule has 0 unspecified atom stereocenters. The molecule has 1 aliphatic rings. The Morgan fingerprint density at radius 3 is 2.58 bits per heavy atom. The first kappa shape index (κ1) is 14.7. The molecule has 1 saturated heterocycles. The van der Waals surface area contributed by atoms with Gasteiger partial charge in [0.2, 0.25) is 5.91 Å². The number of fused-ring (bicyclic) bond motifs is 1. The Morgan fingerprint density at radius 2 is 1.88 bits per heavy atom. The van der Waals surface area contributed by atoms with Gasteiger partial charge in [0, 0.05) is 43.7 Å². The maximum Gasteiger partial charge on any atom is 0.221 e. The van der Waals surface area contributed by atoms with E-state index in [-0.39, 0.29) is 5.91 Å². The van der Waals surface area contributed by atoms with E-state index in [0.717, 1.165) is 41.5 Å².